The number of ether oxygens (including phenoxy) is 2. The SMILES string of the molecule is C[C@@H]1CNC[C@H](C)N1C(=O)OCc1cc(OCCc2ccccc2)ccc1F. The van der Waals surface area contributed by atoms with Crippen LogP contribution in [0.2, 0.25) is 0 Å². The molecule has 0 spiro atoms. The Labute approximate surface area is 165 Å². The minimum absolute atomic E-state index is 0.0359. The first-order valence-electron chi connectivity index (χ1n) is 9.65. The van der Waals surface area contributed by atoms with E-state index in [0.717, 1.165) is 19.5 Å². The molecule has 1 aliphatic rings. The largest absolute Gasteiger partial charge is 0.493 e. The molecule has 0 saturated carbocycles. The second-order valence-electron chi connectivity index (χ2n) is 7.16. The minimum Gasteiger partial charge on any atom is -0.493 e. The van der Waals surface area contributed by atoms with Crippen LogP contribution < -0.4 is 10.1 Å². The van der Waals surface area contributed by atoms with E-state index in [1.54, 1.807) is 17.0 Å². The van der Waals surface area contributed by atoms with Gasteiger partial charge in [0.1, 0.15) is 18.2 Å². The van der Waals surface area contributed by atoms with Crippen molar-refractivity contribution in [2.75, 3.05) is 19.7 Å². The third-order valence-electron chi connectivity index (χ3n) is 4.91. The van der Waals surface area contributed by atoms with Crippen molar-refractivity contribution < 1.29 is 18.7 Å². The molecular weight excluding hydrogens is 359 g/mol. The molecule has 2 aromatic rings. The molecule has 1 amide bonds. The third kappa shape index (κ3) is 5.23. The van der Waals surface area contributed by atoms with Crippen LogP contribution in [0.5, 0.6) is 5.75 Å². The zero-order valence-electron chi connectivity index (χ0n) is 16.4. The number of benzene rings is 2. The second kappa shape index (κ2) is 9.55. The molecule has 1 N–H and O–H groups in total. The molecule has 0 radical (unpaired) electrons. The van der Waals surface area contributed by atoms with Crippen LogP contribution in [-0.2, 0) is 17.8 Å². The highest BCUT2D eigenvalue weighted by Crippen LogP contribution is 2.19. The van der Waals surface area contributed by atoms with Crippen molar-refractivity contribution in [2.24, 2.45) is 0 Å². The van der Waals surface area contributed by atoms with E-state index in [-0.39, 0.29) is 18.7 Å². The molecular formula is C22H27FN2O3. The molecule has 0 unspecified atom stereocenters. The Kier molecular flexibility index (Phi) is 6.87. The van der Waals surface area contributed by atoms with Gasteiger partial charge in [-0.1, -0.05) is 30.3 Å². The van der Waals surface area contributed by atoms with Crippen molar-refractivity contribution in [2.45, 2.75) is 39.0 Å². The van der Waals surface area contributed by atoms with Crippen molar-refractivity contribution in [1.29, 1.82) is 0 Å². The predicted molar refractivity (Wildman–Crippen MR) is 106 cm³/mol. The molecule has 150 valence electrons. The van der Waals surface area contributed by atoms with Gasteiger partial charge in [0, 0.05) is 37.2 Å². The first-order chi connectivity index (χ1) is 13.5. The van der Waals surface area contributed by atoms with Gasteiger partial charge in [-0.25, -0.2) is 9.18 Å². The van der Waals surface area contributed by atoms with Gasteiger partial charge >= 0.3 is 6.09 Å². The summed E-state index contributed by atoms with van der Waals surface area (Å²) in [4.78, 5) is 14.1. The van der Waals surface area contributed by atoms with Crippen LogP contribution in [0.25, 0.3) is 0 Å². The lowest BCUT2D eigenvalue weighted by Crippen LogP contribution is -2.57. The number of carbonyl (C=O) groups is 1. The third-order valence-corrected chi connectivity index (χ3v) is 4.91. The molecule has 6 heteroatoms. The molecule has 5 nitrogen and oxygen atoms in total. The lowest BCUT2D eigenvalue weighted by Gasteiger charge is -2.38. The molecule has 0 bridgehead atoms. The van der Waals surface area contributed by atoms with Gasteiger partial charge in [-0.05, 0) is 37.6 Å². The number of halogens is 1. The van der Waals surface area contributed by atoms with Gasteiger partial charge < -0.3 is 19.7 Å². The highest BCUT2D eigenvalue weighted by Gasteiger charge is 2.30. The summed E-state index contributed by atoms with van der Waals surface area (Å²) in [5, 5.41) is 3.26. The summed E-state index contributed by atoms with van der Waals surface area (Å²) in [5.41, 5.74) is 1.49. The number of hydrogen-bond acceptors (Lipinski definition) is 4. The van der Waals surface area contributed by atoms with Gasteiger partial charge in [0.05, 0.1) is 6.61 Å². The van der Waals surface area contributed by atoms with Gasteiger partial charge in [-0.15, -0.1) is 0 Å². The van der Waals surface area contributed by atoms with Gasteiger partial charge in [-0.2, -0.15) is 0 Å². The van der Waals surface area contributed by atoms with Crippen LogP contribution in [0.1, 0.15) is 25.0 Å². The van der Waals surface area contributed by atoms with E-state index in [4.69, 9.17) is 9.47 Å². The van der Waals surface area contributed by atoms with Crippen molar-refractivity contribution >= 4 is 6.09 Å². The maximum absolute atomic E-state index is 14.1. The van der Waals surface area contributed by atoms with Crippen LogP contribution in [-0.4, -0.2) is 42.8 Å². The number of amides is 1. The zero-order valence-corrected chi connectivity index (χ0v) is 16.4. The molecule has 2 atom stereocenters. The fraction of sp³-hybridized carbons (Fsp3) is 0.409. The predicted octanol–water partition coefficient (Wildman–Crippen LogP) is 3.77. The second-order valence-corrected chi connectivity index (χ2v) is 7.16. The van der Waals surface area contributed by atoms with E-state index >= 15 is 0 Å². The summed E-state index contributed by atoms with van der Waals surface area (Å²) in [5.74, 6) is 0.150. The van der Waals surface area contributed by atoms with Crippen LogP contribution in [0.3, 0.4) is 0 Å². The fourth-order valence-corrected chi connectivity index (χ4v) is 3.39. The molecule has 0 aliphatic carbocycles. The van der Waals surface area contributed by atoms with E-state index in [2.05, 4.69) is 5.32 Å². The monoisotopic (exact) mass is 386 g/mol. The summed E-state index contributed by atoms with van der Waals surface area (Å²) in [6, 6.07) is 14.6. The van der Waals surface area contributed by atoms with Crippen LogP contribution in [0.4, 0.5) is 9.18 Å². The Balaban J connectivity index is 1.55. The average Bonchev–Trinajstić information content (AvgIpc) is 2.69. The minimum atomic E-state index is -0.420. The number of carbonyl (C=O) groups excluding carboxylic acids is 1. The molecule has 0 aromatic heterocycles. The molecule has 1 aliphatic heterocycles. The van der Waals surface area contributed by atoms with Crippen LogP contribution in [0.15, 0.2) is 48.5 Å². The Morgan fingerprint density at radius 1 is 1.14 bits per heavy atom. The standard InChI is InChI=1S/C22H27FN2O3/c1-16-13-24-14-17(2)25(16)22(26)28-15-19-12-20(8-9-21(19)23)27-11-10-18-6-4-3-5-7-18/h3-9,12,16-17,24H,10-11,13-15H2,1-2H3/t16-,17+. The van der Waals surface area contributed by atoms with Gasteiger partial charge in [0.2, 0.25) is 0 Å². The van der Waals surface area contributed by atoms with E-state index in [1.165, 1.54) is 11.6 Å². The number of nitrogens with one attached hydrogen (secondary N) is 1. The summed E-state index contributed by atoms with van der Waals surface area (Å²) in [6.07, 6.45) is 0.345. The molecule has 28 heavy (non-hydrogen) atoms. The molecule has 3 rings (SSSR count). The molecule has 1 heterocycles. The van der Waals surface area contributed by atoms with Crippen molar-refractivity contribution in [3.63, 3.8) is 0 Å². The fourth-order valence-electron chi connectivity index (χ4n) is 3.39. The number of hydrogen-bond donors (Lipinski definition) is 1. The molecule has 2 aromatic carbocycles. The van der Waals surface area contributed by atoms with Gasteiger partial charge in [-0.3, -0.25) is 0 Å². The lowest BCUT2D eigenvalue weighted by molar-refractivity contribution is 0.0557. The van der Waals surface area contributed by atoms with Crippen molar-refractivity contribution in [3.05, 3.63) is 65.5 Å². The highest BCUT2D eigenvalue weighted by atomic mass is 19.1. The number of nitrogens with zero attached hydrogens (tertiary/aromatic N) is 1. The lowest BCUT2D eigenvalue weighted by atomic mass is 10.1. The average molecular weight is 386 g/mol. The number of rotatable bonds is 6. The normalized spacial score (nSPS) is 19.3. The quantitative estimate of drug-likeness (QED) is 0.821. The van der Waals surface area contributed by atoms with Gasteiger partial charge in [0.25, 0.3) is 0 Å². The van der Waals surface area contributed by atoms with Crippen molar-refractivity contribution in [3.8, 4) is 5.75 Å². The van der Waals surface area contributed by atoms with E-state index in [9.17, 15) is 9.18 Å². The Bertz CT molecular complexity index is 775. The summed E-state index contributed by atoms with van der Waals surface area (Å²) in [7, 11) is 0. The first kappa shape index (κ1) is 20.1. The maximum Gasteiger partial charge on any atom is 0.410 e. The van der Waals surface area contributed by atoms with Crippen LogP contribution >= 0.6 is 0 Å². The summed E-state index contributed by atoms with van der Waals surface area (Å²) >= 11 is 0. The van der Waals surface area contributed by atoms with E-state index in [1.807, 2.05) is 44.2 Å². The van der Waals surface area contributed by atoms with E-state index in [0.29, 0.717) is 17.9 Å². The highest BCUT2D eigenvalue weighted by molar-refractivity contribution is 5.68. The Hall–Kier alpha value is -2.60. The first-order valence-corrected chi connectivity index (χ1v) is 9.65. The maximum atomic E-state index is 14.1. The van der Waals surface area contributed by atoms with E-state index < -0.39 is 11.9 Å². The van der Waals surface area contributed by atoms with Crippen LogP contribution in [0, 0.1) is 5.82 Å². The Morgan fingerprint density at radius 2 is 1.86 bits per heavy atom. The topological polar surface area (TPSA) is 50.8 Å². The smallest absolute Gasteiger partial charge is 0.410 e. The summed E-state index contributed by atoms with van der Waals surface area (Å²) < 4.78 is 25.3. The van der Waals surface area contributed by atoms with Crippen molar-refractivity contribution in [1.82, 2.24) is 10.2 Å². The van der Waals surface area contributed by atoms with Gasteiger partial charge in [0.15, 0.2) is 0 Å². The molecule has 1 fully saturated rings. The Morgan fingerprint density at radius 3 is 2.57 bits per heavy atom. The molecule has 1 saturated heterocycles. The zero-order chi connectivity index (χ0) is 19.9. The number of piperazine rings is 1. The summed E-state index contributed by atoms with van der Waals surface area (Å²) in [6.45, 7) is 5.74.